The van der Waals surface area contributed by atoms with Crippen LogP contribution in [0.2, 0.25) is 0 Å². The summed E-state index contributed by atoms with van der Waals surface area (Å²) in [7, 11) is 1.57. The highest BCUT2D eigenvalue weighted by molar-refractivity contribution is 5.87. The number of fused-ring (bicyclic) bond motifs is 1. The number of phenolic OH excluding ortho intramolecular Hbond substituents is 1. The molecular formula is C22H24N4O3. The lowest BCUT2D eigenvalue weighted by molar-refractivity contribution is -0.120. The van der Waals surface area contributed by atoms with Gasteiger partial charge in [0.2, 0.25) is 5.91 Å². The maximum Gasteiger partial charge on any atom is 0.244 e. The van der Waals surface area contributed by atoms with Gasteiger partial charge in [-0.15, -0.1) is 0 Å². The molecule has 3 aromatic rings. The molecular weight excluding hydrogens is 368 g/mol. The summed E-state index contributed by atoms with van der Waals surface area (Å²) in [5, 5.41) is 14.5. The van der Waals surface area contributed by atoms with Crippen molar-refractivity contribution in [2.24, 2.45) is 5.10 Å². The van der Waals surface area contributed by atoms with Crippen molar-refractivity contribution in [1.29, 1.82) is 0 Å². The number of amides is 1. The van der Waals surface area contributed by atoms with Gasteiger partial charge in [-0.25, -0.2) is 10.4 Å². The number of methoxy groups -OCH3 is 1. The number of carbonyl (C=O) groups is 1. The number of phenols is 1. The van der Waals surface area contributed by atoms with Gasteiger partial charge in [0.05, 0.1) is 37.1 Å². The van der Waals surface area contributed by atoms with E-state index < -0.39 is 0 Å². The molecule has 3 N–H and O–H groups in total. The number of imidazole rings is 1. The van der Waals surface area contributed by atoms with E-state index in [0.717, 1.165) is 27.7 Å². The molecule has 0 radical (unpaired) electrons. The topological polar surface area (TPSA) is 99.6 Å². The predicted molar refractivity (Wildman–Crippen MR) is 113 cm³/mol. The number of carbonyl (C=O) groups excluding carboxylic acids is 1. The van der Waals surface area contributed by atoms with Crippen molar-refractivity contribution in [1.82, 2.24) is 15.4 Å². The molecule has 0 aliphatic rings. The van der Waals surface area contributed by atoms with Gasteiger partial charge in [0, 0.05) is 11.1 Å². The van der Waals surface area contributed by atoms with Crippen molar-refractivity contribution in [2.45, 2.75) is 26.7 Å². The zero-order chi connectivity index (χ0) is 20.8. The summed E-state index contributed by atoms with van der Waals surface area (Å²) in [6, 6.07) is 9.06. The smallest absolute Gasteiger partial charge is 0.244 e. The number of allylic oxidation sites excluding steroid dienone is 2. The fourth-order valence-electron chi connectivity index (χ4n) is 2.87. The Hall–Kier alpha value is -3.61. The molecule has 0 saturated heterocycles. The van der Waals surface area contributed by atoms with Crippen LogP contribution >= 0.6 is 0 Å². The zero-order valence-corrected chi connectivity index (χ0v) is 16.7. The van der Waals surface area contributed by atoms with Crippen LogP contribution in [0.1, 0.15) is 30.5 Å². The molecule has 1 amide bonds. The SMILES string of the molecule is COc1cc(/C=N/NC(=O)Cc2ccc3nc[nH]c3c2)c(O)c(CC=C(C)C)c1. The Bertz CT molecular complexity index is 1080. The summed E-state index contributed by atoms with van der Waals surface area (Å²) in [4.78, 5) is 19.4. The molecule has 2 aromatic carbocycles. The molecule has 7 heteroatoms. The first-order valence-electron chi connectivity index (χ1n) is 9.23. The molecule has 0 saturated carbocycles. The molecule has 0 aliphatic carbocycles. The van der Waals surface area contributed by atoms with E-state index in [4.69, 9.17) is 4.74 Å². The van der Waals surface area contributed by atoms with Crippen molar-refractivity contribution < 1.29 is 14.6 Å². The van der Waals surface area contributed by atoms with E-state index >= 15 is 0 Å². The number of aromatic nitrogens is 2. The second-order valence-corrected chi connectivity index (χ2v) is 6.93. The van der Waals surface area contributed by atoms with Crippen LogP contribution in [0, 0.1) is 0 Å². The lowest BCUT2D eigenvalue weighted by Gasteiger charge is -2.09. The second-order valence-electron chi connectivity index (χ2n) is 6.93. The quantitative estimate of drug-likeness (QED) is 0.326. The van der Waals surface area contributed by atoms with Gasteiger partial charge < -0.3 is 14.8 Å². The molecule has 0 spiro atoms. The first-order valence-corrected chi connectivity index (χ1v) is 9.23. The molecule has 1 aromatic heterocycles. The largest absolute Gasteiger partial charge is 0.507 e. The maximum atomic E-state index is 12.2. The third-order valence-corrected chi connectivity index (χ3v) is 4.40. The summed E-state index contributed by atoms with van der Waals surface area (Å²) in [6.45, 7) is 4.00. The number of rotatable bonds is 7. The predicted octanol–water partition coefficient (Wildman–Crippen LogP) is 3.48. The van der Waals surface area contributed by atoms with Crippen LogP contribution in [-0.2, 0) is 17.6 Å². The number of aromatic hydroxyl groups is 1. The van der Waals surface area contributed by atoms with Crippen molar-refractivity contribution >= 4 is 23.2 Å². The van der Waals surface area contributed by atoms with E-state index in [9.17, 15) is 9.90 Å². The summed E-state index contributed by atoms with van der Waals surface area (Å²) in [6.07, 6.45) is 5.82. The average molecular weight is 392 g/mol. The van der Waals surface area contributed by atoms with E-state index in [1.807, 2.05) is 38.1 Å². The molecule has 0 bridgehead atoms. The first kappa shape index (κ1) is 20.1. The molecule has 29 heavy (non-hydrogen) atoms. The first-order chi connectivity index (χ1) is 14.0. The van der Waals surface area contributed by atoms with Gasteiger partial charge in [-0.2, -0.15) is 5.10 Å². The fraction of sp³-hybridized carbons (Fsp3) is 0.227. The van der Waals surface area contributed by atoms with Gasteiger partial charge in [0.1, 0.15) is 11.5 Å². The normalized spacial score (nSPS) is 11.0. The number of benzene rings is 2. The fourth-order valence-corrected chi connectivity index (χ4v) is 2.87. The highest BCUT2D eigenvalue weighted by atomic mass is 16.5. The van der Waals surface area contributed by atoms with Gasteiger partial charge in [-0.1, -0.05) is 17.7 Å². The zero-order valence-electron chi connectivity index (χ0n) is 16.7. The van der Waals surface area contributed by atoms with Crippen molar-refractivity contribution in [3.05, 3.63) is 65.0 Å². The Morgan fingerprint density at radius 2 is 2.14 bits per heavy atom. The maximum absolute atomic E-state index is 12.2. The highest BCUT2D eigenvalue weighted by Crippen LogP contribution is 2.28. The molecule has 0 unspecified atom stereocenters. The number of nitrogens with one attached hydrogen (secondary N) is 2. The molecule has 1 heterocycles. The molecule has 150 valence electrons. The van der Waals surface area contributed by atoms with E-state index in [2.05, 4.69) is 20.5 Å². The van der Waals surface area contributed by atoms with Gasteiger partial charge in [-0.3, -0.25) is 4.79 Å². The Morgan fingerprint density at radius 3 is 2.90 bits per heavy atom. The molecule has 0 aliphatic heterocycles. The number of hydrogen-bond donors (Lipinski definition) is 3. The summed E-state index contributed by atoms with van der Waals surface area (Å²) >= 11 is 0. The third kappa shape index (κ3) is 5.22. The summed E-state index contributed by atoms with van der Waals surface area (Å²) < 4.78 is 5.30. The van der Waals surface area contributed by atoms with Gasteiger partial charge in [0.15, 0.2) is 0 Å². The number of aromatic amines is 1. The number of hydrogen-bond acceptors (Lipinski definition) is 5. The van der Waals surface area contributed by atoms with Crippen molar-refractivity contribution in [3.63, 3.8) is 0 Å². The number of nitrogens with zero attached hydrogens (tertiary/aromatic N) is 2. The van der Waals surface area contributed by atoms with Crippen LogP contribution in [0.25, 0.3) is 11.0 Å². The molecule has 7 nitrogen and oxygen atoms in total. The van der Waals surface area contributed by atoms with E-state index in [1.165, 1.54) is 6.21 Å². The monoisotopic (exact) mass is 392 g/mol. The number of hydrazone groups is 1. The standard InChI is InChI=1S/C22H24N4O3/c1-14(2)4-6-16-10-18(29-3)11-17(22(16)28)12-25-26-21(27)9-15-5-7-19-20(8-15)24-13-23-19/h4-5,7-8,10-13,28H,6,9H2,1-3H3,(H,23,24)(H,26,27)/b25-12+. The Kier molecular flexibility index (Phi) is 6.29. The van der Waals surface area contributed by atoms with E-state index in [1.54, 1.807) is 25.6 Å². The van der Waals surface area contributed by atoms with Crippen LogP contribution in [0.5, 0.6) is 11.5 Å². The lowest BCUT2D eigenvalue weighted by Crippen LogP contribution is -2.19. The Labute approximate surface area is 169 Å². The van der Waals surface area contributed by atoms with Crippen LogP contribution in [-0.4, -0.2) is 34.3 Å². The van der Waals surface area contributed by atoms with Crippen LogP contribution < -0.4 is 10.2 Å². The minimum Gasteiger partial charge on any atom is -0.507 e. The molecule has 0 fully saturated rings. The number of ether oxygens (including phenoxy) is 1. The van der Waals surface area contributed by atoms with E-state index in [0.29, 0.717) is 17.7 Å². The van der Waals surface area contributed by atoms with Gasteiger partial charge in [-0.05, 0) is 50.1 Å². The highest BCUT2D eigenvalue weighted by Gasteiger charge is 2.09. The lowest BCUT2D eigenvalue weighted by atomic mass is 10.0. The minimum absolute atomic E-state index is 0.117. The minimum atomic E-state index is -0.257. The van der Waals surface area contributed by atoms with Crippen molar-refractivity contribution in [3.8, 4) is 11.5 Å². The van der Waals surface area contributed by atoms with Crippen molar-refractivity contribution in [2.75, 3.05) is 7.11 Å². The Morgan fingerprint density at radius 1 is 1.31 bits per heavy atom. The van der Waals surface area contributed by atoms with Crippen LogP contribution in [0.15, 0.2) is 53.4 Å². The van der Waals surface area contributed by atoms with E-state index in [-0.39, 0.29) is 18.1 Å². The molecule has 3 rings (SSSR count). The summed E-state index contributed by atoms with van der Waals surface area (Å²) in [5.41, 5.74) is 7.43. The van der Waals surface area contributed by atoms with Gasteiger partial charge >= 0.3 is 0 Å². The third-order valence-electron chi connectivity index (χ3n) is 4.40. The Balaban J connectivity index is 1.69. The average Bonchev–Trinajstić information content (AvgIpc) is 3.16. The van der Waals surface area contributed by atoms with Gasteiger partial charge in [0.25, 0.3) is 0 Å². The molecule has 0 atom stereocenters. The number of H-pyrrole nitrogens is 1. The summed E-state index contributed by atoms with van der Waals surface area (Å²) in [5.74, 6) is 0.471. The van der Waals surface area contributed by atoms with Crippen LogP contribution in [0.3, 0.4) is 0 Å². The second kappa shape index (κ2) is 9.05. The van der Waals surface area contributed by atoms with Crippen LogP contribution in [0.4, 0.5) is 0 Å².